The Bertz CT molecular complexity index is 1340. The molecular weight excluding hydrogens is 526 g/mol. The van der Waals surface area contributed by atoms with Crippen LogP contribution in [0.4, 0.5) is 10.5 Å². The molecule has 9 nitrogen and oxygen atoms in total. The van der Waals surface area contributed by atoms with E-state index in [2.05, 4.69) is 80.1 Å². The predicted molar refractivity (Wildman–Crippen MR) is 164 cm³/mol. The third-order valence-electron chi connectivity index (χ3n) is 9.84. The summed E-state index contributed by atoms with van der Waals surface area (Å²) < 4.78 is 6.06. The number of hydrazone groups is 1. The molecule has 0 radical (unpaired) electrons. The molecule has 3 aliphatic heterocycles. The third-order valence-corrected chi connectivity index (χ3v) is 9.84. The minimum atomic E-state index is -0.386. The molecule has 0 unspecified atom stereocenters. The lowest BCUT2D eigenvalue weighted by Gasteiger charge is -2.50. The highest BCUT2D eigenvalue weighted by Crippen LogP contribution is 2.50. The SMILES string of the molecule is CNC(=O)O[C@H]1CC2=C[C@@H]1[C@](c1ccccc1)(C1CCN(CC3CN(c4ccc(C#N)cc4)C3)CC1)CN/C=N\N2C. The number of benzene rings is 2. The van der Waals surface area contributed by atoms with Gasteiger partial charge in [-0.2, -0.15) is 10.4 Å². The molecule has 2 saturated heterocycles. The highest BCUT2D eigenvalue weighted by molar-refractivity contribution is 5.67. The summed E-state index contributed by atoms with van der Waals surface area (Å²) in [7, 11) is 3.58. The molecule has 2 N–H and O–H groups in total. The van der Waals surface area contributed by atoms with Crippen molar-refractivity contribution >= 4 is 18.1 Å². The van der Waals surface area contributed by atoms with E-state index in [1.807, 2.05) is 30.5 Å². The topological polar surface area (TPSA) is 96.2 Å². The zero-order valence-electron chi connectivity index (χ0n) is 24.6. The van der Waals surface area contributed by atoms with Gasteiger partial charge in [-0.05, 0) is 61.7 Å². The molecule has 9 heteroatoms. The zero-order chi connectivity index (χ0) is 29.1. The van der Waals surface area contributed by atoms with Crippen molar-refractivity contribution in [3.63, 3.8) is 0 Å². The zero-order valence-corrected chi connectivity index (χ0v) is 24.6. The van der Waals surface area contributed by atoms with Crippen molar-refractivity contribution in [2.24, 2.45) is 22.9 Å². The number of fused-ring (bicyclic) bond motifs is 1. The molecule has 3 heterocycles. The van der Waals surface area contributed by atoms with Crippen LogP contribution in [0, 0.1) is 29.1 Å². The van der Waals surface area contributed by atoms with Crippen LogP contribution in [0.2, 0.25) is 0 Å². The quantitative estimate of drug-likeness (QED) is 0.549. The second kappa shape index (κ2) is 12.1. The van der Waals surface area contributed by atoms with Gasteiger partial charge in [0.25, 0.3) is 0 Å². The molecule has 6 rings (SSSR count). The molecular formula is C33H41N7O2. The summed E-state index contributed by atoms with van der Waals surface area (Å²) in [4.78, 5) is 17.5. The van der Waals surface area contributed by atoms with Gasteiger partial charge in [0.05, 0.1) is 11.6 Å². The van der Waals surface area contributed by atoms with E-state index in [4.69, 9.17) is 10.00 Å². The molecule has 0 saturated carbocycles. The first-order valence-corrected chi connectivity index (χ1v) is 15.1. The summed E-state index contributed by atoms with van der Waals surface area (Å²) in [6.45, 7) is 6.08. The maximum Gasteiger partial charge on any atom is 0.407 e. The van der Waals surface area contributed by atoms with Gasteiger partial charge in [-0.1, -0.05) is 36.4 Å². The molecule has 1 aliphatic carbocycles. The Hall–Kier alpha value is -4.03. The summed E-state index contributed by atoms with van der Waals surface area (Å²) in [5.41, 5.74) is 4.03. The number of ether oxygens (including phenoxy) is 1. The van der Waals surface area contributed by atoms with E-state index in [0.717, 1.165) is 57.8 Å². The number of hydrogen-bond donors (Lipinski definition) is 2. The van der Waals surface area contributed by atoms with Gasteiger partial charge in [-0.25, -0.2) is 4.79 Å². The van der Waals surface area contributed by atoms with Crippen LogP contribution < -0.4 is 15.5 Å². The third kappa shape index (κ3) is 5.43. The highest BCUT2D eigenvalue weighted by atomic mass is 16.6. The normalized spacial score (nSPS) is 27.4. The number of alkyl carbamates (subject to hydrolysis) is 1. The van der Waals surface area contributed by atoms with Crippen LogP contribution in [0.3, 0.4) is 0 Å². The standard InChI is InChI=1S/C33H41N7O2/c1-35-32(41)42-31-17-29-16-30(31)33(22-36-23-37-38(29)2,26-6-4-3-5-7-26)27-12-14-39(15-13-27)19-25-20-40(21-25)28-10-8-24(18-34)9-11-28/h3-11,16,23,25,27,30-31H,12-15,17,19-22H2,1-2H3,(H,35,41)(H,36,37)/t30-,31-,33+/m0/s1. The number of hydrogen-bond acceptors (Lipinski definition) is 8. The van der Waals surface area contributed by atoms with Crippen molar-refractivity contribution < 1.29 is 9.53 Å². The van der Waals surface area contributed by atoms with Crippen molar-refractivity contribution in [1.82, 2.24) is 20.5 Å². The summed E-state index contributed by atoms with van der Waals surface area (Å²) >= 11 is 0. The van der Waals surface area contributed by atoms with Crippen LogP contribution >= 0.6 is 0 Å². The lowest BCUT2D eigenvalue weighted by Crippen LogP contribution is -2.56. The van der Waals surface area contributed by atoms with Gasteiger partial charge in [0.15, 0.2) is 0 Å². The molecule has 3 atom stereocenters. The van der Waals surface area contributed by atoms with Crippen molar-refractivity contribution in [2.45, 2.75) is 30.8 Å². The van der Waals surface area contributed by atoms with Crippen LogP contribution in [0.1, 0.15) is 30.4 Å². The second-order valence-electron chi connectivity index (χ2n) is 12.1. The molecule has 2 bridgehead atoms. The van der Waals surface area contributed by atoms with Crippen LogP contribution in [0.5, 0.6) is 0 Å². The van der Waals surface area contributed by atoms with E-state index < -0.39 is 0 Å². The number of rotatable bonds is 6. The van der Waals surface area contributed by atoms with Gasteiger partial charge in [0.1, 0.15) is 12.4 Å². The lowest BCUT2D eigenvalue weighted by molar-refractivity contribution is 0.0214. The number of carbonyl (C=O) groups excluding carboxylic acids is 1. The van der Waals surface area contributed by atoms with Gasteiger partial charge in [0, 0.05) is 75.3 Å². The van der Waals surface area contributed by atoms with E-state index in [0.29, 0.717) is 23.8 Å². The van der Waals surface area contributed by atoms with Crippen LogP contribution in [0.25, 0.3) is 0 Å². The second-order valence-corrected chi connectivity index (χ2v) is 12.1. The Morgan fingerprint density at radius 1 is 1.14 bits per heavy atom. The molecule has 2 aromatic carbocycles. The summed E-state index contributed by atoms with van der Waals surface area (Å²) in [6, 6.07) is 21.0. The van der Waals surface area contributed by atoms with E-state index >= 15 is 0 Å². The maximum atomic E-state index is 12.5. The van der Waals surface area contributed by atoms with Crippen LogP contribution in [-0.4, -0.2) is 81.8 Å². The Morgan fingerprint density at radius 3 is 2.57 bits per heavy atom. The fraction of sp³-hybridized carbons (Fsp3) is 0.485. The molecule has 1 amide bonds. The van der Waals surface area contributed by atoms with E-state index in [9.17, 15) is 4.79 Å². The number of carbonyl (C=O) groups is 1. The van der Waals surface area contributed by atoms with Crippen LogP contribution in [-0.2, 0) is 10.2 Å². The first kappa shape index (κ1) is 28.1. The van der Waals surface area contributed by atoms with Crippen LogP contribution in [0.15, 0.2) is 71.5 Å². The fourth-order valence-corrected chi connectivity index (χ4v) is 7.62. The number of amides is 1. The highest BCUT2D eigenvalue weighted by Gasteiger charge is 2.53. The first-order chi connectivity index (χ1) is 20.5. The van der Waals surface area contributed by atoms with Gasteiger partial charge >= 0.3 is 6.09 Å². The molecule has 4 aliphatic rings. The first-order valence-electron chi connectivity index (χ1n) is 15.1. The largest absolute Gasteiger partial charge is 0.445 e. The molecule has 2 fully saturated rings. The smallest absolute Gasteiger partial charge is 0.407 e. The predicted octanol–water partition coefficient (Wildman–Crippen LogP) is 3.75. The minimum Gasteiger partial charge on any atom is -0.445 e. The van der Waals surface area contributed by atoms with Gasteiger partial charge < -0.3 is 25.2 Å². The Labute approximate surface area is 248 Å². The Balaban J connectivity index is 1.19. The average molecular weight is 568 g/mol. The van der Waals surface area contributed by atoms with E-state index in [-0.39, 0.29) is 23.5 Å². The van der Waals surface area contributed by atoms with Crippen molar-refractivity contribution in [3.05, 3.63) is 77.5 Å². The van der Waals surface area contributed by atoms with E-state index in [1.54, 1.807) is 7.05 Å². The van der Waals surface area contributed by atoms with Crippen molar-refractivity contribution in [2.75, 3.05) is 58.3 Å². The Morgan fingerprint density at radius 2 is 1.88 bits per heavy atom. The number of likely N-dealkylation sites (tertiary alicyclic amines) is 1. The molecule has 220 valence electrons. The van der Waals surface area contributed by atoms with Gasteiger partial charge in [-0.3, -0.25) is 5.01 Å². The fourth-order valence-electron chi connectivity index (χ4n) is 7.62. The summed E-state index contributed by atoms with van der Waals surface area (Å²) in [5, 5.41) is 21.8. The van der Waals surface area contributed by atoms with Gasteiger partial charge in [0.2, 0.25) is 0 Å². The number of nitrogens with one attached hydrogen (secondary N) is 2. The van der Waals surface area contributed by atoms with E-state index in [1.165, 1.54) is 11.3 Å². The summed E-state index contributed by atoms with van der Waals surface area (Å²) in [6.07, 6.45) is 6.31. The number of nitriles is 1. The molecule has 0 spiro atoms. The minimum absolute atomic E-state index is 0.0213. The molecule has 0 aromatic heterocycles. The number of anilines is 1. The number of piperidine rings is 1. The molecule has 2 aromatic rings. The average Bonchev–Trinajstić information content (AvgIpc) is 3.45. The maximum absolute atomic E-state index is 12.5. The van der Waals surface area contributed by atoms with Gasteiger partial charge in [-0.15, -0.1) is 0 Å². The Kier molecular flexibility index (Phi) is 8.07. The lowest BCUT2D eigenvalue weighted by atomic mass is 9.59. The molecule has 42 heavy (non-hydrogen) atoms. The van der Waals surface area contributed by atoms with Crippen molar-refractivity contribution in [1.29, 1.82) is 5.26 Å². The monoisotopic (exact) mass is 567 g/mol. The summed E-state index contributed by atoms with van der Waals surface area (Å²) in [5.74, 6) is 1.09. The number of nitrogens with zero attached hydrogens (tertiary/aromatic N) is 5. The van der Waals surface area contributed by atoms with Crippen molar-refractivity contribution in [3.8, 4) is 6.07 Å².